The fraction of sp³-hybridized carbons (Fsp3) is 0.400. The van der Waals surface area contributed by atoms with E-state index in [2.05, 4.69) is 52.0 Å². The number of nitrogens with two attached hydrogens (primary N) is 1. The van der Waals surface area contributed by atoms with Crippen molar-refractivity contribution < 1.29 is 0 Å². The van der Waals surface area contributed by atoms with Crippen molar-refractivity contribution in [3.05, 3.63) is 71.8 Å². The van der Waals surface area contributed by atoms with E-state index in [1.54, 1.807) is 0 Å². The molecule has 3 rings (SSSR count). The van der Waals surface area contributed by atoms with E-state index in [4.69, 9.17) is 5.73 Å². The van der Waals surface area contributed by atoms with Crippen LogP contribution in [-0.4, -0.2) is 6.04 Å². The van der Waals surface area contributed by atoms with Crippen LogP contribution < -0.4 is 5.73 Å². The Morgan fingerprint density at radius 2 is 1.19 bits per heavy atom. The standard InChI is InChI=1S/C14H21N.C6H6/c1-13(2)9-12(15)14(3,4)11-8-6-5-7-10(11)13;1-2-4-6-5-3-1/h5-8,12H,9,15H2,1-4H3;1-6H. The van der Waals surface area contributed by atoms with Gasteiger partial charge in [0, 0.05) is 11.5 Å². The molecular formula is C20H27N. The third kappa shape index (κ3) is 3.36. The lowest BCUT2D eigenvalue weighted by molar-refractivity contribution is 0.284. The highest BCUT2D eigenvalue weighted by atomic mass is 14.7. The van der Waals surface area contributed by atoms with Gasteiger partial charge in [-0.05, 0) is 23.0 Å². The second-order valence-electron chi connectivity index (χ2n) is 7.12. The highest BCUT2D eigenvalue weighted by Gasteiger charge is 2.41. The molecule has 21 heavy (non-hydrogen) atoms. The van der Waals surface area contributed by atoms with Crippen LogP contribution in [0.2, 0.25) is 0 Å². The van der Waals surface area contributed by atoms with Crippen LogP contribution in [0.4, 0.5) is 0 Å². The van der Waals surface area contributed by atoms with E-state index in [0.29, 0.717) is 0 Å². The van der Waals surface area contributed by atoms with Crippen LogP contribution in [-0.2, 0) is 10.8 Å². The van der Waals surface area contributed by atoms with Gasteiger partial charge in [0.05, 0.1) is 0 Å². The summed E-state index contributed by atoms with van der Waals surface area (Å²) in [5.41, 5.74) is 9.51. The van der Waals surface area contributed by atoms with Crippen molar-refractivity contribution in [1.82, 2.24) is 0 Å². The maximum atomic E-state index is 6.30. The summed E-state index contributed by atoms with van der Waals surface area (Å²) in [6.07, 6.45) is 1.07. The van der Waals surface area contributed by atoms with E-state index in [1.807, 2.05) is 36.4 Å². The Balaban J connectivity index is 0.000000225. The lowest BCUT2D eigenvalue weighted by Gasteiger charge is -2.46. The van der Waals surface area contributed by atoms with E-state index >= 15 is 0 Å². The molecule has 0 radical (unpaired) electrons. The predicted octanol–water partition coefficient (Wildman–Crippen LogP) is 4.66. The van der Waals surface area contributed by atoms with Gasteiger partial charge in [-0.2, -0.15) is 0 Å². The summed E-state index contributed by atoms with van der Waals surface area (Å²) in [6.45, 7) is 9.10. The molecule has 0 saturated heterocycles. The van der Waals surface area contributed by atoms with E-state index < -0.39 is 0 Å². The second kappa shape index (κ2) is 6.03. The van der Waals surface area contributed by atoms with Gasteiger partial charge in [0.25, 0.3) is 0 Å². The van der Waals surface area contributed by atoms with Crippen molar-refractivity contribution in [1.29, 1.82) is 0 Å². The van der Waals surface area contributed by atoms with Crippen molar-refractivity contribution >= 4 is 0 Å². The van der Waals surface area contributed by atoms with Crippen LogP contribution in [0.15, 0.2) is 60.7 Å². The molecule has 0 spiro atoms. The Hall–Kier alpha value is -1.60. The second-order valence-corrected chi connectivity index (χ2v) is 7.12. The van der Waals surface area contributed by atoms with E-state index in [-0.39, 0.29) is 16.9 Å². The lowest BCUT2D eigenvalue weighted by atomic mass is 9.61. The average Bonchev–Trinajstić information content (AvgIpc) is 2.48. The first-order valence-corrected chi connectivity index (χ1v) is 7.71. The molecule has 0 fully saturated rings. The molecule has 0 bridgehead atoms. The van der Waals surface area contributed by atoms with Gasteiger partial charge in [0.15, 0.2) is 0 Å². The lowest BCUT2D eigenvalue weighted by Crippen LogP contribution is -2.49. The first-order chi connectivity index (χ1) is 9.86. The van der Waals surface area contributed by atoms with Crippen molar-refractivity contribution in [3.63, 3.8) is 0 Å². The maximum absolute atomic E-state index is 6.30. The van der Waals surface area contributed by atoms with Crippen molar-refractivity contribution in [2.75, 3.05) is 0 Å². The largest absolute Gasteiger partial charge is 0.327 e. The number of rotatable bonds is 0. The fourth-order valence-electron chi connectivity index (χ4n) is 3.13. The smallest absolute Gasteiger partial charge is 0.0139 e. The summed E-state index contributed by atoms with van der Waals surface area (Å²) < 4.78 is 0. The minimum Gasteiger partial charge on any atom is -0.327 e. The molecular weight excluding hydrogens is 254 g/mol. The zero-order valence-corrected chi connectivity index (χ0v) is 13.6. The van der Waals surface area contributed by atoms with Crippen molar-refractivity contribution in [3.8, 4) is 0 Å². The summed E-state index contributed by atoms with van der Waals surface area (Å²) in [5, 5.41) is 0. The number of hydrogen-bond donors (Lipinski definition) is 1. The Kier molecular flexibility index (Phi) is 4.53. The van der Waals surface area contributed by atoms with E-state index in [0.717, 1.165) is 6.42 Å². The third-order valence-electron chi connectivity index (χ3n) is 4.67. The van der Waals surface area contributed by atoms with Crippen LogP contribution in [0.5, 0.6) is 0 Å². The molecule has 0 amide bonds. The Morgan fingerprint density at radius 1 is 0.762 bits per heavy atom. The zero-order chi connectivity index (χ0) is 15.5. The number of benzene rings is 2. The molecule has 0 aliphatic heterocycles. The highest BCUT2D eigenvalue weighted by Crippen LogP contribution is 2.44. The average molecular weight is 281 g/mol. The van der Waals surface area contributed by atoms with Gasteiger partial charge in [0.1, 0.15) is 0 Å². The molecule has 2 N–H and O–H groups in total. The quantitative estimate of drug-likeness (QED) is 0.746. The molecule has 1 aliphatic rings. The van der Waals surface area contributed by atoms with Crippen LogP contribution >= 0.6 is 0 Å². The molecule has 0 saturated carbocycles. The molecule has 1 heteroatoms. The highest BCUT2D eigenvalue weighted by molar-refractivity contribution is 5.42. The van der Waals surface area contributed by atoms with Gasteiger partial charge in [-0.15, -0.1) is 0 Å². The molecule has 1 unspecified atom stereocenters. The summed E-state index contributed by atoms with van der Waals surface area (Å²) in [5.74, 6) is 0. The van der Waals surface area contributed by atoms with Crippen molar-refractivity contribution in [2.24, 2.45) is 5.73 Å². The molecule has 2 aromatic carbocycles. The van der Waals surface area contributed by atoms with Crippen molar-refractivity contribution in [2.45, 2.75) is 51.0 Å². The van der Waals surface area contributed by atoms with Crippen LogP contribution in [0.3, 0.4) is 0 Å². The molecule has 1 aliphatic carbocycles. The molecule has 112 valence electrons. The fourth-order valence-corrected chi connectivity index (χ4v) is 3.13. The maximum Gasteiger partial charge on any atom is 0.0139 e. The summed E-state index contributed by atoms with van der Waals surface area (Å²) in [6, 6.07) is 21.0. The minimum absolute atomic E-state index is 0.103. The minimum atomic E-state index is 0.103. The van der Waals surface area contributed by atoms with Gasteiger partial charge in [-0.25, -0.2) is 0 Å². The Bertz CT molecular complexity index is 543. The Labute approximate surface area is 129 Å². The van der Waals surface area contributed by atoms with Gasteiger partial charge in [-0.3, -0.25) is 0 Å². The topological polar surface area (TPSA) is 26.0 Å². The SMILES string of the molecule is CC1(C)CC(N)C(C)(C)c2ccccc21.c1ccccc1. The normalized spacial score (nSPS) is 21.7. The molecule has 0 heterocycles. The molecule has 1 atom stereocenters. The van der Waals surface area contributed by atoms with Gasteiger partial charge in [-0.1, -0.05) is 88.4 Å². The monoisotopic (exact) mass is 281 g/mol. The third-order valence-corrected chi connectivity index (χ3v) is 4.67. The van der Waals surface area contributed by atoms with Gasteiger partial charge >= 0.3 is 0 Å². The zero-order valence-electron chi connectivity index (χ0n) is 13.6. The van der Waals surface area contributed by atoms with Crippen LogP contribution in [0.1, 0.15) is 45.2 Å². The van der Waals surface area contributed by atoms with E-state index in [1.165, 1.54) is 11.1 Å². The van der Waals surface area contributed by atoms with E-state index in [9.17, 15) is 0 Å². The summed E-state index contributed by atoms with van der Waals surface area (Å²) in [7, 11) is 0. The predicted molar refractivity (Wildman–Crippen MR) is 91.5 cm³/mol. The molecule has 2 aromatic rings. The summed E-state index contributed by atoms with van der Waals surface area (Å²) >= 11 is 0. The first kappa shape index (κ1) is 15.8. The number of fused-ring (bicyclic) bond motifs is 1. The molecule has 0 aromatic heterocycles. The van der Waals surface area contributed by atoms with Gasteiger partial charge < -0.3 is 5.73 Å². The summed E-state index contributed by atoms with van der Waals surface area (Å²) in [4.78, 5) is 0. The van der Waals surface area contributed by atoms with Crippen LogP contribution in [0, 0.1) is 0 Å². The van der Waals surface area contributed by atoms with Gasteiger partial charge in [0.2, 0.25) is 0 Å². The first-order valence-electron chi connectivity index (χ1n) is 7.71. The Morgan fingerprint density at radius 3 is 1.67 bits per heavy atom. The number of hydrogen-bond acceptors (Lipinski definition) is 1. The van der Waals surface area contributed by atoms with Crippen LogP contribution in [0.25, 0.3) is 0 Å². The molecule has 1 nitrogen and oxygen atoms in total.